The number of nitrogens with one attached hydrogen (secondary N) is 1. The lowest BCUT2D eigenvalue weighted by Gasteiger charge is -2.09. The van der Waals surface area contributed by atoms with E-state index in [1.807, 2.05) is 24.3 Å². The zero-order valence-electron chi connectivity index (χ0n) is 9.88. The van der Waals surface area contributed by atoms with Crippen molar-refractivity contribution in [2.45, 2.75) is 25.3 Å². The van der Waals surface area contributed by atoms with Crippen molar-refractivity contribution in [1.82, 2.24) is 25.5 Å². The Bertz CT molecular complexity index is 516. The van der Waals surface area contributed by atoms with Crippen molar-refractivity contribution < 1.29 is 0 Å². The molecular weight excluding hydrogens is 250 g/mol. The first-order valence-electron chi connectivity index (χ1n) is 6.09. The summed E-state index contributed by atoms with van der Waals surface area (Å²) < 4.78 is 1.77. The Balaban J connectivity index is 1.84. The molecule has 0 saturated carbocycles. The van der Waals surface area contributed by atoms with E-state index in [2.05, 4.69) is 20.8 Å². The third-order valence-corrected chi connectivity index (χ3v) is 3.45. The molecule has 0 aliphatic carbocycles. The highest BCUT2D eigenvalue weighted by molar-refractivity contribution is 6.30. The van der Waals surface area contributed by atoms with Crippen LogP contribution in [0.1, 0.15) is 18.7 Å². The highest BCUT2D eigenvalue weighted by Gasteiger charge is 2.18. The predicted molar refractivity (Wildman–Crippen MR) is 68.9 cm³/mol. The van der Waals surface area contributed by atoms with E-state index in [1.165, 1.54) is 12.8 Å². The molecule has 6 heteroatoms. The highest BCUT2D eigenvalue weighted by Crippen LogP contribution is 2.15. The lowest BCUT2D eigenvalue weighted by molar-refractivity contribution is 0.575. The Hall–Kier alpha value is -1.46. The molecule has 1 aliphatic heterocycles. The maximum atomic E-state index is 5.88. The summed E-state index contributed by atoms with van der Waals surface area (Å²) in [6.07, 6.45) is 3.27. The maximum Gasteiger partial charge on any atom is 0.158 e. The molecule has 1 N–H and O–H groups in total. The quantitative estimate of drug-likeness (QED) is 0.914. The third kappa shape index (κ3) is 2.37. The summed E-state index contributed by atoms with van der Waals surface area (Å²) in [6, 6.07) is 8.02. The maximum absolute atomic E-state index is 5.88. The Morgan fingerprint density at radius 2 is 2.17 bits per heavy atom. The Labute approximate surface area is 110 Å². The lowest BCUT2D eigenvalue weighted by Crippen LogP contribution is -2.25. The summed E-state index contributed by atoms with van der Waals surface area (Å²) in [5.41, 5.74) is 0.942. The topological polar surface area (TPSA) is 55.6 Å². The van der Waals surface area contributed by atoms with Crippen LogP contribution in [0.25, 0.3) is 5.69 Å². The molecule has 18 heavy (non-hydrogen) atoms. The highest BCUT2D eigenvalue weighted by atomic mass is 35.5. The second-order valence-electron chi connectivity index (χ2n) is 4.48. The first-order valence-corrected chi connectivity index (χ1v) is 6.47. The molecule has 5 nitrogen and oxygen atoms in total. The van der Waals surface area contributed by atoms with Gasteiger partial charge in [-0.25, -0.2) is 0 Å². The van der Waals surface area contributed by atoms with E-state index < -0.39 is 0 Å². The van der Waals surface area contributed by atoms with E-state index >= 15 is 0 Å². The van der Waals surface area contributed by atoms with Crippen molar-refractivity contribution in [3.63, 3.8) is 0 Å². The molecule has 1 saturated heterocycles. The molecule has 0 spiro atoms. The third-order valence-electron chi connectivity index (χ3n) is 3.20. The molecule has 2 aromatic rings. The van der Waals surface area contributed by atoms with Gasteiger partial charge in [0.1, 0.15) is 0 Å². The van der Waals surface area contributed by atoms with E-state index in [9.17, 15) is 0 Å². The van der Waals surface area contributed by atoms with Crippen LogP contribution in [0.15, 0.2) is 24.3 Å². The van der Waals surface area contributed by atoms with Crippen molar-refractivity contribution in [2.75, 3.05) is 6.54 Å². The van der Waals surface area contributed by atoms with E-state index in [-0.39, 0.29) is 0 Å². The van der Waals surface area contributed by atoms with Gasteiger partial charge in [-0.15, -0.1) is 5.10 Å². The van der Waals surface area contributed by atoms with Crippen molar-refractivity contribution in [3.05, 3.63) is 35.1 Å². The van der Waals surface area contributed by atoms with Gasteiger partial charge in [-0.2, -0.15) is 4.68 Å². The second-order valence-corrected chi connectivity index (χ2v) is 4.92. The van der Waals surface area contributed by atoms with Crippen LogP contribution in [0.3, 0.4) is 0 Å². The zero-order valence-corrected chi connectivity index (χ0v) is 10.6. The summed E-state index contributed by atoms with van der Waals surface area (Å²) in [5.74, 6) is 0.886. The zero-order chi connectivity index (χ0) is 12.4. The van der Waals surface area contributed by atoms with Crippen LogP contribution < -0.4 is 5.32 Å². The van der Waals surface area contributed by atoms with Gasteiger partial charge in [-0.3, -0.25) is 0 Å². The number of hydrogen-bond donors (Lipinski definition) is 1. The minimum atomic E-state index is 0.488. The number of benzene rings is 1. The van der Waals surface area contributed by atoms with Gasteiger partial charge >= 0.3 is 0 Å². The van der Waals surface area contributed by atoms with Crippen molar-refractivity contribution >= 4 is 11.6 Å². The standard InChI is InChI=1S/C12H14ClN5/c13-9-3-5-11(6-4-9)18-12(15-16-17-18)8-10-2-1-7-14-10/h3-6,10,14H,1-2,7-8H2. The Kier molecular flexibility index (Phi) is 3.25. The predicted octanol–water partition coefficient (Wildman–Crippen LogP) is 1.61. The normalized spacial score (nSPS) is 19.3. The molecule has 0 bridgehead atoms. The second kappa shape index (κ2) is 5.04. The number of halogens is 1. The van der Waals surface area contributed by atoms with Gasteiger partial charge in [-0.05, 0) is 54.1 Å². The minimum absolute atomic E-state index is 0.488. The average molecular weight is 264 g/mol. The molecule has 1 aromatic carbocycles. The molecule has 0 radical (unpaired) electrons. The number of hydrogen-bond acceptors (Lipinski definition) is 4. The van der Waals surface area contributed by atoms with Gasteiger partial charge in [0.15, 0.2) is 5.82 Å². The van der Waals surface area contributed by atoms with Gasteiger partial charge in [0.2, 0.25) is 0 Å². The van der Waals surface area contributed by atoms with Crippen LogP contribution in [0.2, 0.25) is 5.02 Å². The van der Waals surface area contributed by atoms with E-state index in [1.54, 1.807) is 4.68 Å². The smallest absolute Gasteiger partial charge is 0.158 e. The number of aromatic nitrogens is 4. The monoisotopic (exact) mass is 263 g/mol. The molecule has 3 rings (SSSR count). The summed E-state index contributed by atoms with van der Waals surface area (Å²) in [5, 5.41) is 16.1. The van der Waals surface area contributed by atoms with Crippen molar-refractivity contribution in [3.8, 4) is 5.69 Å². The first kappa shape index (κ1) is 11.6. The minimum Gasteiger partial charge on any atom is -0.314 e. The average Bonchev–Trinajstić information content (AvgIpc) is 3.02. The molecule has 0 amide bonds. The summed E-state index contributed by atoms with van der Waals surface area (Å²) in [4.78, 5) is 0. The first-order chi connectivity index (χ1) is 8.83. The molecule has 1 atom stereocenters. The van der Waals surface area contributed by atoms with Gasteiger partial charge < -0.3 is 5.32 Å². The fraction of sp³-hybridized carbons (Fsp3) is 0.417. The molecule has 1 fully saturated rings. The number of rotatable bonds is 3. The molecule has 1 aliphatic rings. The van der Waals surface area contributed by atoms with Crippen LogP contribution in [0, 0.1) is 0 Å². The van der Waals surface area contributed by atoms with Gasteiger partial charge in [0.05, 0.1) is 5.69 Å². The molecule has 1 aromatic heterocycles. The van der Waals surface area contributed by atoms with E-state index in [0.717, 1.165) is 24.5 Å². The molecular formula is C12H14ClN5. The molecule has 1 unspecified atom stereocenters. The van der Waals surface area contributed by atoms with Crippen LogP contribution in [0.5, 0.6) is 0 Å². The van der Waals surface area contributed by atoms with Crippen molar-refractivity contribution in [2.24, 2.45) is 0 Å². The van der Waals surface area contributed by atoms with Gasteiger partial charge in [0.25, 0.3) is 0 Å². The van der Waals surface area contributed by atoms with Gasteiger partial charge in [0, 0.05) is 17.5 Å². The van der Waals surface area contributed by atoms with Gasteiger partial charge in [-0.1, -0.05) is 11.6 Å². The van der Waals surface area contributed by atoms with Crippen LogP contribution in [0.4, 0.5) is 0 Å². The lowest BCUT2D eigenvalue weighted by atomic mass is 10.1. The Morgan fingerprint density at radius 3 is 2.89 bits per heavy atom. The number of nitrogens with zero attached hydrogens (tertiary/aromatic N) is 4. The summed E-state index contributed by atoms with van der Waals surface area (Å²) >= 11 is 5.88. The Morgan fingerprint density at radius 1 is 1.33 bits per heavy atom. The van der Waals surface area contributed by atoms with E-state index in [4.69, 9.17) is 11.6 Å². The van der Waals surface area contributed by atoms with Crippen LogP contribution in [-0.4, -0.2) is 32.8 Å². The van der Waals surface area contributed by atoms with Crippen molar-refractivity contribution in [1.29, 1.82) is 0 Å². The largest absolute Gasteiger partial charge is 0.314 e. The molecule has 2 heterocycles. The number of tetrazole rings is 1. The molecule has 94 valence electrons. The SMILES string of the molecule is Clc1ccc(-n2nnnc2CC2CCCN2)cc1. The fourth-order valence-electron chi connectivity index (χ4n) is 2.27. The van der Waals surface area contributed by atoms with Crippen LogP contribution >= 0.6 is 11.6 Å². The summed E-state index contributed by atoms with van der Waals surface area (Å²) in [6.45, 7) is 1.09. The summed E-state index contributed by atoms with van der Waals surface area (Å²) in [7, 11) is 0. The fourth-order valence-corrected chi connectivity index (χ4v) is 2.39. The van der Waals surface area contributed by atoms with E-state index in [0.29, 0.717) is 11.1 Å². The van der Waals surface area contributed by atoms with Crippen LogP contribution in [-0.2, 0) is 6.42 Å².